The topological polar surface area (TPSA) is 86.0 Å². The summed E-state index contributed by atoms with van der Waals surface area (Å²) in [5.41, 5.74) is 2.42. The first kappa shape index (κ1) is 24.4. The van der Waals surface area contributed by atoms with E-state index >= 15 is 0 Å². The van der Waals surface area contributed by atoms with Gasteiger partial charge in [-0.25, -0.2) is 9.48 Å². The third-order valence-corrected chi connectivity index (χ3v) is 6.72. The summed E-state index contributed by atoms with van der Waals surface area (Å²) >= 11 is 0. The van der Waals surface area contributed by atoms with Gasteiger partial charge in [-0.05, 0) is 81.8 Å². The molecule has 0 bridgehead atoms. The summed E-state index contributed by atoms with van der Waals surface area (Å²) in [4.78, 5) is 14.2. The van der Waals surface area contributed by atoms with Gasteiger partial charge in [0.15, 0.2) is 6.23 Å². The van der Waals surface area contributed by atoms with Crippen molar-refractivity contribution in [2.75, 3.05) is 26.3 Å². The number of benzene rings is 2. The molecule has 1 unspecified atom stereocenters. The lowest BCUT2D eigenvalue weighted by Crippen LogP contribution is -2.35. The first-order chi connectivity index (χ1) is 17.3. The van der Waals surface area contributed by atoms with Crippen LogP contribution in [0.1, 0.15) is 52.7 Å². The fourth-order valence-corrected chi connectivity index (χ4v) is 4.87. The molecule has 2 aromatic carbocycles. The summed E-state index contributed by atoms with van der Waals surface area (Å²) in [6.07, 6.45) is 5.48. The Labute approximate surface area is 211 Å². The minimum atomic E-state index is -0.506. The number of aromatic nitrogens is 2. The van der Waals surface area contributed by atoms with Crippen LogP contribution >= 0.6 is 0 Å². The van der Waals surface area contributed by atoms with Gasteiger partial charge < -0.3 is 24.2 Å². The third-order valence-electron chi connectivity index (χ3n) is 6.72. The Bertz CT molecular complexity index is 1210. The smallest absolute Gasteiger partial charge is 0.410 e. The maximum Gasteiger partial charge on any atom is 0.410 e. The van der Waals surface area contributed by atoms with Crippen LogP contribution < -0.4 is 4.74 Å². The second kappa shape index (κ2) is 10.0. The van der Waals surface area contributed by atoms with Crippen LogP contribution in [0.5, 0.6) is 11.5 Å². The first-order valence-electron chi connectivity index (χ1n) is 12.8. The fraction of sp³-hybridized carbons (Fsp3) is 0.500. The number of rotatable bonds is 5. The van der Waals surface area contributed by atoms with Crippen LogP contribution in [0.4, 0.5) is 4.79 Å². The Hall–Kier alpha value is -3.26. The number of aromatic hydroxyl groups is 1. The van der Waals surface area contributed by atoms with Crippen molar-refractivity contribution in [1.82, 2.24) is 14.7 Å². The second-order valence-electron chi connectivity index (χ2n) is 10.8. The average Bonchev–Trinajstić information content (AvgIpc) is 3.50. The molecule has 0 saturated carbocycles. The molecule has 2 aliphatic rings. The molecule has 1 amide bonds. The van der Waals surface area contributed by atoms with E-state index in [-0.39, 0.29) is 24.0 Å². The zero-order valence-corrected chi connectivity index (χ0v) is 21.3. The molecule has 2 saturated heterocycles. The van der Waals surface area contributed by atoms with Crippen LogP contribution in [-0.2, 0) is 9.47 Å². The Morgan fingerprint density at radius 2 is 1.94 bits per heavy atom. The largest absolute Gasteiger partial charge is 0.508 e. The van der Waals surface area contributed by atoms with Crippen LogP contribution in [0.25, 0.3) is 22.0 Å². The molecule has 3 heterocycles. The first-order valence-corrected chi connectivity index (χ1v) is 12.8. The summed E-state index contributed by atoms with van der Waals surface area (Å²) in [6.45, 7) is 8.17. The highest BCUT2D eigenvalue weighted by molar-refractivity contribution is 5.90. The van der Waals surface area contributed by atoms with Crippen LogP contribution in [-0.4, -0.2) is 57.8 Å². The van der Waals surface area contributed by atoms with Crippen molar-refractivity contribution in [2.24, 2.45) is 5.92 Å². The molecular weight excluding hydrogens is 458 g/mol. The summed E-state index contributed by atoms with van der Waals surface area (Å²) in [5, 5.41) is 15.4. The van der Waals surface area contributed by atoms with Crippen LogP contribution in [0.2, 0.25) is 0 Å². The Morgan fingerprint density at radius 1 is 1.14 bits per heavy atom. The van der Waals surface area contributed by atoms with Crippen LogP contribution in [0.3, 0.4) is 0 Å². The number of phenols is 1. The van der Waals surface area contributed by atoms with Crippen molar-refractivity contribution in [3.05, 3.63) is 42.6 Å². The van der Waals surface area contributed by atoms with Gasteiger partial charge in [0, 0.05) is 25.6 Å². The van der Waals surface area contributed by atoms with Crippen molar-refractivity contribution < 1.29 is 24.1 Å². The number of likely N-dealkylation sites (tertiary alicyclic amines) is 1. The van der Waals surface area contributed by atoms with Gasteiger partial charge in [-0.1, -0.05) is 12.1 Å². The molecule has 1 N–H and O–H groups in total. The van der Waals surface area contributed by atoms with E-state index in [1.807, 2.05) is 49.8 Å². The van der Waals surface area contributed by atoms with Gasteiger partial charge in [-0.3, -0.25) is 0 Å². The van der Waals surface area contributed by atoms with E-state index in [0.29, 0.717) is 19.7 Å². The molecule has 5 rings (SSSR count). The number of hydrogen-bond acceptors (Lipinski definition) is 6. The van der Waals surface area contributed by atoms with Crippen molar-refractivity contribution in [1.29, 1.82) is 0 Å². The average molecular weight is 494 g/mol. The van der Waals surface area contributed by atoms with E-state index in [1.165, 1.54) is 0 Å². The molecule has 0 spiro atoms. The number of hydrogen-bond donors (Lipinski definition) is 1. The highest BCUT2D eigenvalue weighted by atomic mass is 16.6. The van der Waals surface area contributed by atoms with Gasteiger partial charge >= 0.3 is 6.09 Å². The van der Waals surface area contributed by atoms with E-state index in [2.05, 4.69) is 11.2 Å². The van der Waals surface area contributed by atoms with Gasteiger partial charge in [0.2, 0.25) is 0 Å². The number of carbonyl (C=O) groups is 1. The summed E-state index contributed by atoms with van der Waals surface area (Å²) < 4.78 is 19.9. The number of phenolic OH excluding ortho intramolecular Hbond substituents is 1. The molecule has 2 fully saturated rings. The normalized spacial score (nSPS) is 20.6. The molecule has 8 heteroatoms. The maximum absolute atomic E-state index is 12.5. The van der Waals surface area contributed by atoms with Gasteiger partial charge in [0.1, 0.15) is 17.1 Å². The molecular formula is C28H35N3O5. The molecule has 8 nitrogen and oxygen atoms in total. The van der Waals surface area contributed by atoms with E-state index in [9.17, 15) is 9.90 Å². The zero-order chi connectivity index (χ0) is 25.3. The molecule has 36 heavy (non-hydrogen) atoms. The predicted molar refractivity (Wildman–Crippen MR) is 137 cm³/mol. The quantitative estimate of drug-likeness (QED) is 0.488. The van der Waals surface area contributed by atoms with Crippen molar-refractivity contribution in [3.8, 4) is 22.6 Å². The zero-order valence-electron chi connectivity index (χ0n) is 21.3. The lowest BCUT2D eigenvalue weighted by molar-refractivity contribution is -0.0366. The van der Waals surface area contributed by atoms with E-state index in [4.69, 9.17) is 14.2 Å². The third kappa shape index (κ3) is 5.43. The number of amides is 1. The Kier molecular flexibility index (Phi) is 6.79. The minimum absolute atomic E-state index is 0.0867. The van der Waals surface area contributed by atoms with Gasteiger partial charge in [-0.15, -0.1) is 0 Å². The summed E-state index contributed by atoms with van der Waals surface area (Å²) in [6, 6.07) is 11.3. The summed E-state index contributed by atoms with van der Waals surface area (Å²) in [7, 11) is 0. The lowest BCUT2D eigenvalue weighted by Gasteiger charge is -2.24. The standard InChI is InChI=1S/C28H35N3O5/c1-28(2,3)36-27(33)30-12-11-19(17-30)18-35-25-15-21(20-7-9-22(32)10-8-20)14-24-23(25)16-29-31(24)26-6-4-5-13-34-26/h7-10,14-16,19,26,32H,4-6,11-13,17-18H2,1-3H3/t19-,26?/m0/s1. The minimum Gasteiger partial charge on any atom is -0.508 e. The predicted octanol–water partition coefficient (Wildman–Crippen LogP) is 5.74. The fourth-order valence-electron chi connectivity index (χ4n) is 4.87. The van der Waals surface area contributed by atoms with Crippen molar-refractivity contribution >= 4 is 17.0 Å². The molecule has 1 aromatic heterocycles. The van der Waals surface area contributed by atoms with E-state index < -0.39 is 5.60 Å². The van der Waals surface area contributed by atoms with Crippen LogP contribution in [0.15, 0.2) is 42.6 Å². The number of fused-ring (bicyclic) bond motifs is 1. The molecule has 2 atom stereocenters. The highest BCUT2D eigenvalue weighted by Gasteiger charge is 2.30. The second-order valence-corrected chi connectivity index (χ2v) is 10.8. The Morgan fingerprint density at radius 3 is 2.67 bits per heavy atom. The monoisotopic (exact) mass is 493 g/mol. The molecule has 192 valence electrons. The van der Waals surface area contributed by atoms with Gasteiger partial charge in [0.05, 0.1) is 23.7 Å². The number of ether oxygens (including phenoxy) is 3. The van der Waals surface area contributed by atoms with Gasteiger partial charge in [-0.2, -0.15) is 5.10 Å². The van der Waals surface area contributed by atoms with Crippen molar-refractivity contribution in [2.45, 2.75) is 58.3 Å². The maximum atomic E-state index is 12.5. The van der Waals surface area contributed by atoms with E-state index in [1.54, 1.807) is 17.0 Å². The van der Waals surface area contributed by atoms with E-state index in [0.717, 1.165) is 60.1 Å². The molecule has 0 radical (unpaired) electrons. The van der Waals surface area contributed by atoms with Crippen LogP contribution in [0, 0.1) is 5.92 Å². The summed E-state index contributed by atoms with van der Waals surface area (Å²) in [5.74, 6) is 1.21. The molecule has 3 aromatic rings. The highest BCUT2D eigenvalue weighted by Crippen LogP contribution is 2.36. The number of carbonyl (C=O) groups excluding carboxylic acids is 1. The van der Waals surface area contributed by atoms with Crippen molar-refractivity contribution in [3.63, 3.8) is 0 Å². The lowest BCUT2D eigenvalue weighted by atomic mass is 10.0. The van der Waals surface area contributed by atoms with Gasteiger partial charge in [0.25, 0.3) is 0 Å². The molecule has 0 aliphatic carbocycles. The Balaban J connectivity index is 1.38. The SMILES string of the molecule is CC(C)(C)OC(=O)N1CC[C@H](COc2cc(-c3ccc(O)cc3)cc3c2cnn3C2CCCCO2)C1. The number of nitrogens with zero attached hydrogens (tertiary/aromatic N) is 3. The molecule has 2 aliphatic heterocycles.